The third-order valence-corrected chi connectivity index (χ3v) is 3.45. The van der Waals surface area contributed by atoms with Gasteiger partial charge in [0, 0.05) is 19.6 Å². The van der Waals surface area contributed by atoms with Gasteiger partial charge >= 0.3 is 0 Å². The molecular weight excluding hydrogens is 242 g/mol. The van der Waals surface area contributed by atoms with Crippen LogP contribution in [-0.2, 0) is 17.9 Å². The highest BCUT2D eigenvalue weighted by Gasteiger charge is 2.21. The first kappa shape index (κ1) is 14.0. The van der Waals surface area contributed by atoms with E-state index in [1.54, 1.807) is 4.68 Å². The topological polar surface area (TPSA) is 63.1 Å². The number of carbonyl (C=O) groups excluding carboxylic acids is 1. The van der Waals surface area contributed by atoms with E-state index in [0.717, 1.165) is 31.7 Å². The fraction of sp³-hybridized carbons (Fsp3) is 0.769. The molecule has 0 spiro atoms. The summed E-state index contributed by atoms with van der Waals surface area (Å²) in [5, 5.41) is 11.2. The summed E-state index contributed by atoms with van der Waals surface area (Å²) in [6, 6.07) is 0. The summed E-state index contributed by atoms with van der Waals surface area (Å²) >= 11 is 0. The number of aromatic nitrogens is 3. The molecule has 19 heavy (non-hydrogen) atoms. The predicted molar refractivity (Wildman–Crippen MR) is 72.4 cm³/mol. The lowest BCUT2D eigenvalue weighted by Gasteiger charge is -2.30. The van der Waals surface area contributed by atoms with E-state index in [4.69, 9.17) is 0 Å². The lowest BCUT2D eigenvalue weighted by atomic mass is 10.0. The van der Waals surface area contributed by atoms with Crippen molar-refractivity contribution in [2.45, 2.75) is 39.8 Å². The van der Waals surface area contributed by atoms with Gasteiger partial charge in [-0.2, -0.15) is 0 Å². The van der Waals surface area contributed by atoms with Gasteiger partial charge in [-0.25, -0.2) is 4.68 Å². The first-order valence-corrected chi connectivity index (χ1v) is 7.06. The summed E-state index contributed by atoms with van der Waals surface area (Å²) in [6.07, 6.45) is 4.17. The van der Waals surface area contributed by atoms with Crippen LogP contribution >= 0.6 is 0 Å². The number of amides is 1. The van der Waals surface area contributed by atoms with Crippen LogP contribution in [-0.4, -0.2) is 45.4 Å². The number of hydrogen-bond acceptors (Lipinski definition) is 4. The Morgan fingerprint density at radius 3 is 3.16 bits per heavy atom. The van der Waals surface area contributed by atoms with Crippen LogP contribution < -0.4 is 5.32 Å². The molecule has 1 aromatic heterocycles. The molecule has 1 aliphatic heterocycles. The second-order valence-electron chi connectivity index (χ2n) is 5.27. The van der Waals surface area contributed by atoms with Gasteiger partial charge in [0.05, 0.1) is 11.9 Å². The number of likely N-dealkylation sites (tertiary alicyclic amines) is 1. The molecule has 0 aliphatic carbocycles. The van der Waals surface area contributed by atoms with Crippen molar-refractivity contribution < 1.29 is 4.79 Å². The van der Waals surface area contributed by atoms with Crippen LogP contribution in [0.2, 0.25) is 0 Å². The highest BCUT2D eigenvalue weighted by Crippen LogP contribution is 2.15. The van der Waals surface area contributed by atoms with E-state index in [1.165, 1.54) is 6.42 Å². The molecule has 1 unspecified atom stereocenters. The number of hydrogen-bond donors (Lipinski definition) is 1. The fourth-order valence-electron chi connectivity index (χ4n) is 2.40. The minimum atomic E-state index is 0.145. The lowest BCUT2D eigenvalue weighted by Crippen LogP contribution is -2.40. The van der Waals surface area contributed by atoms with Crippen LogP contribution in [0.15, 0.2) is 6.20 Å². The quantitative estimate of drug-likeness (QED) is 0.849. The molecule has 0 aromatic carbocycles. The number of nitrogens with one attached hydrogen (secondary N) is 1. The van der Waals surface area contributed by atoms with Crippen LogP contribution in [0.25, 0.3) is 0 Å². The minimum Gasteiger partial charge on any atom is -0.341 e. The Bertz CT molecular complexity index is 417. The second kappa shape index (κ2) is 6.65. The van der Waals surface area contributed by atoms with Gasteiger partial charge in [0.1, 0.15) is 6.54 Å². The van der Waals surface area contributed by atoms with Crippen LogP contribution in [0.1, 0.15) is 32.4 Å². The number of nitrogens with zero attached hydrogens (tertiary/aromatic N) is 4. The number of rotatable bonds is 5. The average Bonchev–Trinajstić information content (AvgIpc) is 2.84. The first-order chi connectivity index (χ1) is 9.19. The second-order valence-corrected chi connectivity index (χ2v) is 5.27. The van der Waals surface area contributed by atoms with E-state index < -0.39 is 0 Å². The molecular formula is C13H23N5O. The minimum absolute atomic E-state index is 0.145. The zero-order valence-corrected chi connectivity index (χ0v) is 11.8. The molecule has 1 aromatic rings. The Hall–Kier alpha value is -1.43. The van der Waals surface area contributed by atoms with E-state index in [-0.39, 0.29) is 5.91 Å². The normalized spacial score (nSPS) is 19.7. The molecule has 6 heteroatoms. The van der Waals surface area contributed by atoms with Crippen molar-refractivity contribution in [3.8, 4) is 0 Å². The molecule has 2 rings (SSSR count). The molecule has 1 aliphatic rings. The third kappa shape index (κ3) is 4.02. The van der Waals surface area contributed by atoms with Gasteiger partial charge in [0.15, 0.2) is 0 Å². The molecule has 106 valence electrons. The number of carbonyl (C=O) groups is 1. The highest BCUT2D eigenvalue weighted by molar-refractivity contribution is 5.76. The van der Waals surface area contributed by atoms with Crippen molar-refractivity contribution in [1.29, 1.82) is 0 Å². The molecule has 1 N–H and O–H groups in total. The summed E-state index contributed by atoms with van der Waals surface area (Å²) in [5.74, 6) is 0.754. The molecule has 1 amide bonds. The van der Waals surface area contributed by atoms with E-state index in [0.29, 0.717) is 19.0 Å². The Morgan fingerprint density at radius 2 is 2.42 bits per heavy atom. The molecule has 2 heterocycles. The highest BCUT2D eigenvalue weighted by atomic mass is 16.2. The van der Waals surface area contributed by atoms with Crippen LogP contribution in [0.4, 0.5) is 0 Å². The first-order valence-electron chi connectivity index (χ1n) is 7.06. The van der Waals surface area contributed by atoms with Crippen LogP contribution in [0, 0.1) is 5.92 Å². The molecule has 1 fully saturated rings. The SMILES string of the molecule is CCNCc1cn(CC(=O)N2CCCC(C)C2)nn1. The molecule has 0 saturated carbocycles. The van der Waals surface area contributed by atoms with E-state index in [9.17, 15) is 4.79 Å². The Morgan fingerprint density at radius 1 is 1.58 bits per heavy atom. The van der Waals surface area contributed by atoms with Crippen molar-refractivity contribution in [3.63, 3.8) is 0 Å². The molecule has 1 saturated heterocycles. The Balaban J connectivity index is 1.86. The molecule has 1 atom stereocenters. The Labute approximate surface area is 114 Å². The van der Waals surface area contributed by atoms with Gasteiger partial charge in [-0.05, 0) is 25.3 Å². The zero-order chi connectivity index (χ0) is 13.7. The van der Waals surface area contributed by atoms with E-state index in [2.05, 4.69) is 22.6 Å². The predicted octanol–water partition coefficient (Wildman–Crippen LogP) is 0.646. The summed E-state index contributed by atoms with van der Waals surface area (Å²) < 4.78 is 1.63. The zero-order valence-electron chi connectivity index (χ0n) is 11.8. The van der Waals surface area contributed by atoms with Gasteiger partial charge in [-0.3, -0.25) is 4.79 Å². The molecule has 6 nitrogen and oxygen atoms in total. The van der Waals surface area contributed by atoms with Gasteiger partial charge in [0.25, 0.3) is 0 Å². The van der Waals surface area contributed by atoms with E-state index in [1.807, 2.05) is 18.0 Å². The van der Waals surface area contributed by atoms with Gasteiger partial charge < -0.3 is 10.2 Å². The standard InChI is InChI=1S/C13H23N5O/c1-3-14-7-12-9-18(16-15-12)10-13(19)17-6-4-5-11(2)8-17/h9,11,14H,3-8,10H2,1-2H3. The van der Waals surface area contributed by atoms with Crippen molar-refractivity contribution in [1.82, 2.24) is 25.2 Å². The maximum atomic E-state index is 12.2. The van der Waals surface area contributed by atoms with E-state index >= 15 is 0 Å². The Kier molecular flexibility index (Phi) is 4.90. The molecule has 0 bridgehead atoms. The average molecular weight is 265 g/mol. The van der Waals surface area contributed by atoms with Crippen LogP contribution in [0.5, 0.6) is 0 Å². The van der Waals surface area contributed by atoms with Gasteiger partial charge in [0.2, 0.25) is 5.91 Å². The third-order valence-electron chi connectivity index (χ3n) is 3.45. The maximum absolute atomic E-state index is 12.2. The summed E-state index contributed by atoms with van der Waals surface area (Å²) in [5.41, 5.74) is 0.877. The van der Waals surface area contributed by atoms with Crippen molar-refractivity contribution >= 4 is 5.91 Å². The van der Waals surface area contributed by atoms with Crippen molar-refractivity contribution in [3.05, 3.63) is 11.9 Å². The molecule has 0 radical (unpaired) electrons. The smallest absolute Gasteiger partial charge is 0.244 e. The summed E-state index contributed by atoms with van der Waals surface area (Å²) in [7, 11) is 0. The van der Waals surface area contributed by atoms with Crippen molar-refractivity contribution in [2.75, 3.05) is 19.6 Å². The maximum Gasteiger partial charge on any atom is 0.244 e. The van der Waals surface area contributed by atoms with Gasteiger partial charge in [-0.1, -0.05) is 19.1 Å². The number of piperidine rings is 1. The monoisotopic (exact) mass is 265 g/mol. The summed E-state index contributed by atoms with van der Waals surface area (Å²) in [6.45, 7) is 7.89. The van der Waals surface area contributed by atoms with Crippen molar-refractivity contribution in [2.24, 2.45) is 5.92 Å². The lowest BCUT2D eigenvalue weighted by molar-refractivity contribution is -0.133. The largest absolute Gasteiger partial charge is 0.341 e. The van der Waals surface area contributed by atoms with Gasteiger partial charge in [-0.15, -0.1) is 5.10 Å². The fourth-order valence-corrected chi connectivity index (χ4v) is 2.40. The van der Waals surface area contributed by atoms with Crippen LogP contribution in [0.3, 0.4) is 0 Å². The summed E-state index contributed by atoms with van der Waals surface area (Å²) in [4.78, 5) is 14.1.